The van der Waals surface area contributed by atoms with Crippen LogP contribution in [0.4, 0.5) is 5.13 Å². The molecule has 0 bridgehead atoms. The van der Waals surface area contributed by atoms with Crippen molar-refractivity contribution in [1.82, 2.24) is 14.5 Å². The largest absolute Gasteiger partial charge is 0.337 e. The molecule has 2 aromatic heterocycles. The highest BCUT2D eigenvalue weighted by molar-refractivity contribution is 7.98. The Kier molecular flexibility index (Phi) is 6.18. The third kappa shape index (κ3) is 4.47. The number of hydrogen-bond acceptors (Lipinski definition) is 5. The molecule has 0 aliphatic carbocycles. The molecule has 2 aromatic carbocycles. The number of para-hydroxylation sites is 1. The number of thiazole rings is 1. The zero-order chi connectivity index (χ0) is 20.2. The normalized spacial score (nSPS) is 11.1. The van der Waals surface area contributed by atoms with Crippen LogP contribution in [-0.4, -0.2) is 33.2 Å². The van der Waals surface area contributed by atoms with Gasteiger partial charge in [0.05, 0.1) is 16.0 Å². The molecule has 0 fully saturated rings. The Morgan fingerprint density at radius 3 is 2.90 bits per heavy atom. The monoisotopic (exact) mass is 442 g/mol. The van der Waals surface area contributed by atoms with E-state index in [0.29, 0.717) is 22.3 Å². The summed E-state index contributed by atoms with van der Waals surface area (Å²) >= 11 is 9.41. The van der Waals surface area contributed by atoms with Crippen LogP contribution in [0.1, 0.15) is 16.8 Å². The first kappa shape index (κ1) is 19.9. The third-order valence-corrected chi connectivity index (χ3v) is 6.58. The molecule has 0 N–H and O–H groups in total. The summed E-state index contributed by atoms with van der Waals surface area (Å²) in [5.41, 5.74) is 1.39. The first-order valence-electron chi connectivity index (χ1n) is 9.12. The van der Waals surface area contributed by atoms with Crippen LogP contribution >= 0.6 is 34.7 Å². The van der Waals surface area contributed by atoms with E-state index in [1.807, 2.05) is 59.5 Å². The van der Waals surface area contributed by atoms with Crippen LogP contribution in [0, 0.1) is 0 Å². The van der Waals surface area contributed by atoms with E-state index in [2.05, 4.69) is 9.97 Å². The van der Waals surface area contributed by atoms with E-state index in [0.717, 1.165) is 28.1 Å². The Balaban J connectivity index is 1.65. The fourth-order valence-corrected chi connectivity index (χ4v) is 4.79. The van der Waals surface area contributed by atoms with Crippen LogP contribution in [0.3, 0.4) is 0 Å². The lowest BCUT2D eigenvalue weighted by Gasteiger charge is -2.20. The van der Waals surface area contributed by atoms with Crippen LogP contribution in [0.2, 0.25) is 5.02 Å². The van der Waals surface area contributed by atoms with Gasteiger partial charge in [0.15, 0.2) is 5.13 Å². The second-order valence-corrected chi connectivity index (χ2v) is 8.72. The number of aromatic nitrogens is 3. The quantitative estimate of drug-likeness (QED) is 0.349. The number of imidazole rings is 1. The Bertz CT molecular complexity index is 1130. The molecule has 29 heavy (non-hydrogen) atoms. The number of thioether (sulfide) groups is 1. The number of carbonyl (C=O) groups excluding carboxylic acids is 1. The molecule has 0 aliphatic heterocycles. The first-order chi connectivity index (χ1) is 14.2. The second-order valence-electron chi connectivity index (χ2n) is 6.43. The lowest BCUT2D eigenvalue weighted by Crippen LogP contribution is -2.32. The van der Waals surface area contributed by atoms with Crippen molar-refractivity contribution in [3.63, 3.8) is 0 Å². The highest BCUT2D eigenvalue weighted by Gasteiger charge is 2.22. The van der Waals surface area contributed by atoms with Crippen molar-refractivity contribution in [2.45, 2.75) is 17.9 Å². The Labute approximate surface area is 182 Å². The van der Waals surface area contributed by atoms with E-state index in [1.54, 1.807) is 29.2 Å². The smallest absolute Gasteiger partial charge is 0.260 e. The predicted molar refractivity (Wildman–Crippen MR) is 121 cm³/mol. The number of carbonyl (C=O) groups is 1. The molecule has 0 saturated carbocycles. The van der Waals surface area contributed by atoms with Crippen molar-refractivity contribution in [3.05, 3.63) is 71.8 Å². The number of amides is 1. The summed E-state index contributed by atoms with van der Waals surface area (Å²) in [7, 11) is 0. The maximum Gasteiger partial charge on any atom is 0.260 e. The average molecular weight is 443 g/mol. The van der Waals surface area contributed by atoms with Crippen LogP contribution in [-0.2, 0) is 6.54 Å². The minimum atomic E-state index is -0.0540. The average Bonchev–Trinajstić information content (AvgIpc) is 3.41. The number of benzene rings is 2. The Morgan fingerprint density at radius 2 is 2.14 bits per heavy atom. The summed E-state index contributed by atoms with van der Waals surface area (Å²) in [5, 5.41) is 1.26. The fraction of sp³-hybridized carbons (Fsp3) is 0.190. The van der Waals surface area contributed by atoms with Gasteiger partial charge in [-0.15, -0.1) is 11.8 Å². The van der Waals surface area contributed by atoms with Crippen molar-refractivity contribution < 1.29 is 4.79 Å². The summed E-state index contributed by atoms with van der Waals surface area (Å²) in [5.74, 6) is -0.0540. The van der Waals surface area contributed by atoms with Gasteiger partial charge in [0, 0.05) is 35.9 Å². The SMILES string of the molecule is CSc1cccc(C(=O)N(CCCn2ccnc2)c2nc3c(Cl)cccc3s2)c1. The molecule has 0 radical (unpaired) electrons. The van der Waals surface area contributed by atoms with Crippen molar-refractivity contribution in [2.24, 2.45) is 0 Å². The summed E-state index contributed by atoms with van der Waals surface area (Å²) < 4.78 is 2.98. The van der Waals surface area contributed by atoms with Gasteiger partial charge in [0.1, 0.15) is 5.52 Å². The maximum atomic E-state index is 13.4. The van der Waals surface area contributed by atoms with Crippen molar-refractivity contribution >= 4 is 56.0 Å². The number of halogens is 1. The van der Waals surface area contributed by atoms with Crippen LogP contribution in [0.15, 0.2) is 66.1 Å². The first-order valence-corrected chi connectivity index (χ1v) is 11.5. The Morgan fingerprint density at radius 1 is 1.28 bits per heavy atom. The van der Waals surface area contributed by atoms with E-state index in [1.165, 1.54) is 11.3 Å². The van der Waals surface area contributed by atoms with Gasteiger partial charge in [-0.05, 0) is 43.0 Å². The third-order valence-electron chi connectivity index (χ3n) is 4.51. The highest BCUT2D eigenvalue weighted by Crippen LogP contribution is 2.33. The van der Waals surface area contributed by atoms with Gasteiger partial charge in [-0.25, -0.2) is 9.97 Å². The highest BCUT2D eigenvalue weighted by atomic mass is 35.5. The molecule has 4 aromatic rings. The van der Waals surface area contributed by atoms with Crippen molar-refractivity contribution in [2.75, 3.05) is 17.7 Å². The van der Waals surface area contributed by atoms with Crippen LogP contribution in [0.5, 0.6) is 0 Å². The molecule has 0 unspecified atom stereocenters. The zero-order valence-electron chi connectivity index (χ0n) is 15.8. The summed E-state index contributed by atoms with van der Waals surface area (Å²) in [6.07, 6.45) is 8.25. The second kappa shape index (κ2) is 8.98. The number of nitrogens with zero attached hydrogens (tertiary/aromatic N) is 4. The number of rotatable bonds is 7. The number of fused-ring (bicyclic) bond motifs is 1. The molecule has 148 valence electrons. The number of hydrogen-bond donors (Lipinski definition) is 0. The molecular weight excluding hydrogens is 424 g/mol. The minimum Gasteiger partial charge on any atom is -0.337 e. The Hall–Kier alpha value is -2.35. The van der Waals surface area contributed by atoms with Crippen LogP contribution in [0.25, 0.3) is 10.2 Å². The van der Waals surface area contributed by atoms with Gasteiger partial charge in [-0.3, -0.25) is 9.69 Å². The lowest BCUT2D eigenvalue weighted by molar-refractivity contribution is 0.0986. The summed E-state index contributed by atoms with van der Waals surface area (Å²) in [4.78, 5) is 25.0. The van der Waals surface area contributed by atoms with Crippen molar-refractivity contribution in [1.29, 1.82) is 0 Å². The molecular formula is C21H19ClN4OS2. The fourth-order valence-electron chi connectivity index (χ4n) is 3.05. The van der Waals surface area contributed by atoms with Gasteiger partial charge < -0.3 is 4.57 Å². The van der Waals surface area contributed by atoms with Crippen molar-refractivity contribution in [3.8, 4) is 0 Å². The van der Waals surface area contributed by atoms with E-state index >= 15 is 0 Å². The number of aryl methyl sites for hydroxylation is 1. The molecule has 0 aliphatic rings. The minimum absolute atomic E-state index is 0.0540. The predicted octanol–water partition coefficient (Wildman–Crippen LogP) is 5.61. The zero-order valence-corrected chi connectivity index (χ0v) is 18.2. The van der Waals surface area contributed by atoms with Gasteiger partial charge >= 0.3 is 0 Å². The molecule has 8 heteroatoms. The van der Waals surface area contributed by atoms with E-state index in [-0.39, 0.29) is 5.91 Å². The van der Waals surface area contributed by atoms with Gasteiger partial charge in [0.2, 0.25) is 0 Å². The van der Waals surface area contributed by atoms with E-state index < -0.39 is 0 Å². The standard InChI is InChI=1S/C21H19ClN4OS2/c1-28-16-6-2-5-15(13-16)20(27)26(11-4-10-25-12-9-23-14-25)21-24-19-17(22)7-3-8-18(19)29-21/h2-3,5-9,12-14H,4,10-11H2,1H3. The molecule has 1 amide bonds. The maximum absolute atomic E-state index is 13.4. The van der Waals surface area contributed by atoms with Gasteiger partial charge in [-0.2, -0.15) is 0 Å². The number of anilines is 1. The molecule has 4 rings (SSSR count). The van der Waals surface area contributed by atoms with E-state index in [4.69, 9.17) is 11.6 Å². The van der Waals surface area contributed by atoms with Gasteiger partial charge in [-0.1, -0.05) is 35.1 Å². The molecule has 0 atom stereocenters. The van der Waals surface area contributed by atoms with Gasteiger partial charge in [0.25, 0.3) is 5.91 Å². The van der Waals surface area contributed by atoms with E-state index in [9.17, 15) is 4.79 Å². The summed E-state index contributed by atoms with van der Waals surface area (Å²) in [6, 6.07) is 13.4. The molecule has 2 heterocycles. The topological polar surface area (TPSA) is 51.0 Å². The summed E-state index contributed by atoms with van der Waals surface area (Å²) in [6.45, 7) is 1.33. The molecule has 5 nitrogen and oxygen atoms in total. The van der Waals surface area contributed by atoms with Crippen LogP contribution < -0.4 is 4.90 Å². The molecule has 0 spiro atoms. The molecule has 0 saturated heterocycles. The lowest BCUT2D eigenvalue weighted by atomic mass is 10.2.